The molecule has 0 aliphatic rings. The van der Waals surface area contributed by atoms with E-state index in [4.69, 9.17) is 9.47 Å². The first-order valence-electron chi connectivity index (χ1n) is 8.74. The predicted molar refractivity (Wildman–Crippen MR) is 113 cm³/mol. The summed E-state index contributed by atoms with van der Waals surface area (Å²) in [5.74, 6) is 1.44. The van der Waals surface area contributed by atoms with Crippen molar-refractivity contribution in [2.24, 2.45) is 7.05 Å². The van der Waals surface area contributed by atoms with Gasteiger partial charge in [-0.15, -0.1) is 0 Å². The molecule has 0 radical (unpaired) electrons. The number of halogens is 1. The zero-order valence-electron chi connectivity index (χ0n) is 16.0. The Kier molecular flexibility index (Phi) is 6.31. The molecule has 1 aromatic heterocycles. The Balaban J connectivity index is 1.75. The highest BCUT2D eigenvalue weighted by molar-refractivity contribution is 9.10. The molecule has 3 aromatic rings. The van der Waals surface area contributed by atoms with E-state index in [1.54, 1.807) is 37.2 Å². The normalized spacial score (nSPS) is 11.0. The molecule has 5 nitrogen and oxygen atoms in total. The van der Waals surface area contributed by atoms with E-state index in [1.807, 2.05) is 49.4 Å². The lowest BCUT2D eigenvalue weighted by Crippen LogP contribution is -1.99. The van der Waals surface area contributed by atoms with Gasteiger partial charge in [0.25, 0.3) is 0 Å². The van der Waals surface area contributed by atoms with Gasteiger partial charge in [-0.2, -0.15) is 5.10 Å². The summed E-state index contributed by atoms with van der Waals surface area (Å²) in [5, 5.41) is 4.21. The van der Waals surface area contributed by atoms with E-state index < -0.39 is 0 Å². The standard InChI is InChI=1S/C22H21BrN2O3/c1-15-20(13-25(2)24-15)21(26)10-4-16-5-11-22(27-3)17(12-16)14-28-19-8-6-18(23)7-9-19/h4-13H,14H2,1-3H3/b10-4+. The van der Waals surface area contributed by atoms with Gasteiger partial charge in [-0.05, 0) is 55.0 Å². The molecule has 0 unspecified atom stereocenters. The molecule has 2 aromatic carbocycles. The van der Waals surface area contributed by atoms with E-state index >= 15 is 0 Å². The molecule has 0 bridgehead atoms. The lowest BCUT2D eigenvalue weighted by atomic mass is 10.1. The number of carbonyl (C=O) groups is 1. The van der Waals surface area contributed by atoms with Crippen molar-refractivity contribution in [3.8, 4) is 11.5 Å². The summed E-state index contributed by atoms with van der Waals surface area (Å²) in [6, 6.07) is 13.4. The highest BCUT2D eigenvalue weighted by Crippen LogP contribution is 2.24. The molecule has 0 fully saturated rings. The summed E-state index contributed by atoms with van der Waals surface area (Å²) in [6.07, 6.45) is 5.08. The number of methoxy groups -OCH3 is 1. The fourth-order valence-corrected chi connectivity index (χ4v) is 3.07. The fraction of sp³-hybridized carbons (Fsp3) is 0.182. The van der Waals surface area contributed by atoms with Crippen LogP contribution in [0.25, 0.3) is 6.08 Å². The number of hydrogen-bond donors (Lipinski definition) is 0. The van der Waals surface area contributed by atoms with Crippen LogP contribution in [0.1, 0.15) is 27.2 Å². The summed E-state index contributed by atoms with van der Waals surface area (Å²) in [5.41, 5.74) is 3.12. The summed E-state index contributed by atoms with van der Waals surface area (Å²) in [4.78, 5) is 12.4. The van der Waals surface area contributed by atoms with Gasteiger partial charge in [-0.1, -0.05) is 28.1 Å². The van der Waals surface area contributed by atoms with E-state index in [1.165, 1.54) is 0 Å². The molecule has 0 aliphatic carbocycles. The van der Waals surface area contributed by atoms with Crippen molar-refractivity contribution in [3.63, 3.8) is 0 Å². The Morgan fingerprint density at radius 2 is 1.96 bits per heavy atom. The number of carbonyl (C=O) groups excluding carboxylic acids is 1. The maximum atomic E-state index is 12.4. The maximum Gasteiger partial charge on any atom is 0.189 e. The number of ether oxygens (including phenoxy) is 2. The van der Waals surface area contributed by atoms with Crippen molar-refractivity contribution < 1.29 is 14.3 Å². The van der Waals surface area contributed by atoms with Gasteiger partial charge in [0.15, 0.2) is 5.78 Å². The molecule has 0 amide bonds. The Morgan fingerprint density at radius 3 is 2.61 bits per heavy atom. The van der Waals surface area contributed by atoms with Crippen molar-refractivity contribution in [2.75, 3.05) is 7.11 Å². The molecular weight excluding hydrogens is 420 g/mol. The summed E-state index contributed by atoms with van der Waals surface area (Å²) >= 11 is 3.41. The number of benzene rings is 2. The van der Waals surface area contributed by atoms with Crippen molar-refractivity contribution >= 4 is 27.8 Å². The maximum absolute atomic E-state index is 12.4. The van der Waals surface area contributed by atoms with Crippen LogP contribution in [-0.4, -0.2) is 22.7 Å². The minimum absolute atomic E-state index is 0.0749. The zero-order chi connectivity index (χ0) is 20.1. The van der Waals surface area contributed by atoms with Crippen LogP contribution in [0, 0.1) is 6.92 Å². The molecule has 0 N–H and O–H groups in total. The number of nitrogens with zero attached hydrogens (tertiary/aromatic N) is 2. The molecular formula is C22H21BrN2O3. The number of aromatic nitrogens is 2. The molecule has 144 valence electrons. The van der Waals surface area contributed by atoms with E-state index in [2.05, 4.69) is 21.0 Å². The number of aryl methyl sites for hydroxylation is 2. The first-order valence-corrected chi connectivity index (χ1v) is 9.53. The summed E-state index contributed by atoms with van der Waals surface area (Å²) in [7, 11) is 3.43. The quantitative estimate of drug-likeness (QED) is 0.384. The number of ketones is 1. The monoisotopic (exact) mass is 440 g/mol. The average Bonchev–Trinajstić information content (AvgIpc) is 3.04. The summed E-state index contributed by atoms with van der Waals surface area (Å²) in [6.45, 7) is 2.19. The molecule has 6 heteroatoms. The largest absolute Gasteiger partial charge is 0.496 e. The van der Waals surface area contributed by atoms with Crippen LogP contribution in [-0.2, 0) is 13.7 Å². The van der Waals surface area contributed by atoms with Crippen molar-refractivity contribution in [3.05, 3.63) is 81.6 Å². The van der Waals surface area contributed by atoms with Crippen molar-refractivity contribution in [2.45, 2.75) is 13.5 Å². The van der Waals surface area contributed by atoms with Crippen LogP contribution >= 0.6 is 15.9 Å². The lowest BCUT2D eigenvalue weighted by Gasteiger charge is -2.11. The molecule has 0 saturated heterocycles. The second kappa shape index (κ2) is 8.89. The first-order chi connectivity index (χ1) is 13.5. The highest BCUT2D eigenvalue weighted by atomic mass is 79.9. The Bertz CT molecular complexity index is 1010. The highest BCUT2D eigenvalue weighted by Gasteiger charge is 2.10. The second-order valence-corrected chi connectivity index (χ2v) is 7.23. The Hall–Kier alpha value is -2.86. The summed E-state index contributed by atoms with van der Waals surface area (Å²) < 4.78 is 13.9. The van der Waals surface area contributed by atoms with Gasteiger partial charge in [0, 0.05) is 23.3 Å². The lowest BCUT2D eigenvalue weighted by molar-refractivity contribution is 0.104. The van der Waals surface area contributed by atoms with Crippen LogP contribution in [0.5, 0.6) is 11.5 Å². The molecule has 28 heavy (non-hydrogen) atoms. The minimum atomic E-state index is -0.0749. The van der Waals surface area contributed by atoms with Crippen LogP contribution in [0.4, 0.5) is 0 Å². The van der Waals surface area contributed by atoms with Gasteiger partial charge < -0.3 is 9.47 Å². The average molecular weight is 441 g/mol. The van der Waals surface area contributed by atoms with Crippen LogP contribution in [0.2, 0.25) is 0 Å². The van der Waals surface area contributed by atoms with Crippen LogP contribution in [0.3, 0.4) is 0 Å². The number of hydrogen-bond acceptors (Lipinski definition) is 4. The molecule has 0 saturated carbocycles. The van der Waals surface area contributed by atoms with Gasteiger partial charge >= 0.3 is 0 Å². The first kappa shape index (κ1) is 19.9. The number of rotatable bonds is 7. The third-order valence-corrected chi connectivity index (χ3v) is 4.75. The second-order valence-electron chi connectivity index (χ2n) is 6.31. The Morgan fingerprint density at radius 1 is 1.21 bits per heavy atom. The van der Waals surface area contributed by atoms with Gasteiger partial charge in [-0.3, -0.25) is 9.48 Å². The molecule has 0 spiro atoms. The molecule has 0 aliphatic heterocycles. The van der Waals surface area contributed by atoms with E-state index in [0.29, 0.717) is 12.2 Å². The van der Waals surface area contributed by atoms with E-state index in [-0.39, 0.29) is 5.78 Å². The van der Waals surface area contributed by atoms with Crippen molar-refractivity contribution in [1.29, 1.82) is 0 Å². The molecule has 3 rings (SSSR count). The third kappa shape index (κ3) is 4.89. The van der Waals surface area contributed by atoms with Gasteiger partial charge in [0.1, 0.15) is 18.1 Å². The van der Waals surface area contributed by atoms with Gasteiger partial charge in [0.2, 0.25) is 0 Å². The molecule has 0 atom stereocenters. The number of allylic oxidation sites excluding steroid dienone is 1. The van der Waals surface area contributed by atoms with E-state index in [9.17, 15) is 4.79 Å². The molecule has 1 heterocycles. The predicted octanol–water partition coefficient (Wildman–Crippen LogP) is 4.97. The van der Waals surface area contributed by atoms with Crippen molar-refractivity contribution in [1.82, 2.24) is 9.78 Å². The van der Waals surface area contributed by atoms with Gasteiger partial charge in [0.05, 0.1) is 18.4 Å². The Labute approximate surface area is 172 Å². The van der Waals surface area contributed by atoms with Crippen LogP contribution < -0.4 is 9.47 Å². The minimum Gasteiger partial charge on any atom is -0.496 e. The van der Waals surface area contributed by atoms with Crippen LogP contribution in [0.15, 0.2) is 59.2 Å². The fourth-order valence-electron chi connectivity index (χ4n) is 2.81. The van der Waals surface area contributed by atoms with Gasteiger partial charge in [-0.25, -0.2) is 0 Å². The third-order valence-electron chi connectivity index (χ3n) is 4.22. The van der Waals surface area contributed by atoms with E-state index in [0.717, 1.165) is 32.8 Å². The SMILES string of the molecule is COc1ccc(/C=C/C(=O)c2cn(C)nc2C)cc1COc1ccc(Br)cc1. The zero-order valence-corrected chi connectivity index (χ0v) is 17.6. The topological polar surface area (TPSA) is 53.4 Å². The smallest absolute Gasteiger partial charge is 0.189 e.